The molecule has 0 aromatic carbocycles. The van der Waals surface area contributed by atoms with Crippen LogP contribution in [0, 0.1) is 13.8 Å². The number of rotatable bonds is 3. The molecule has 0 saturated heterocycles. The first-order chi connectivity index (χ1) is 9.63. The van der Waals surface area contributed by atoms with Crippen molar-refractivity contribution in [2.75, 3.05) is 5.73 Å². The van der Waals surface area contributed by atoms with Crippen LogP contribution < -0.4 is 5.73 Å². The highest BCUT2D eigenvalue weighted by Gasteiger charge is 2.08. The van der Waals surface area contributed by atoms with Crippen LogP contribution in [-0.4, -0.2) is 14.5 Å². The lowest BCUT2D eigenvalue weighted by molar-refractivity contribution is 0.817. The number of hydrogen-bond acceptors (Lipinski definition) is 4. The van der Waals surface area contributed by atoms with Crippen molar-refractivity contribution in [3.05, 3.63) is 52.2 Å². The summed E-state index contributed by atoms with van der Waals surface area (Å²) in [6.45, 7) is 5.13. The van der Waals surface area contributed by atoms with Gasteiger partial charge < -0.3 is 10.3 Å². The summed E-state index contributed by atoms with van der Waals surface area (Å²) in [5.41, 5.74) is 9.20. The summed E-state index contributed by atoms with van der Waals surface area (Å²) in [7, 11) is 0. The minimum Gasteiger partial charge on any atom is -0.384 e. The third kappa shape index (κ3) is 2.44. The van der Waals surface area contributed by atoms with Crippen molar-refractivity contribution in [3.63, 3.8) is 0 Å². The fourth-order valence-corrected chi connectivity index (χ4v) is 3.24. The second-order valence-corrected chi connectivity index (χ2v) is 6.17. The maximum atomic E-state index is 5.75. The van der Waals surface area contributed by atoms with Crippen LogP contribution in [0.5, 0.6) is 0 Å². The standard InChI is InChI=1S/C15H16N4S/c1-10-5-13(20-11(10)2)8-19-9-17-7-14(19)12-3-4-18-15(16)6-12/h3-7,9H,8H2,1-2H3,(H2,16,18). The highest BCUT2D eigenvalue weighted by molar-refractivity contribution is 7.12. The molecule has 20 heavy (non-hydrogen) atoms. The highest BCUT2D eigenvalue weighted by atomic mass is 32.1. The first-order valence-electron chi connectivity index (χ1n) is 6.41. The second kappa shape index (κ2) is 5.09. The fourth-order valence-electron chi connectivity index (χ4n) is 2.19. The Kier molecular flexibility index (Phi) is 3.28. The van der Waals surface area contributed by atoms with Crippen LogP contribution in [0.25, 0.3) is 11.3 Å². The van der Waals surface area contributed by atoms with Gasteiger partial charge in [0.05, 0.1) is 24.8 Å². The topological polar surface area (TPSA) is 56.7 Å². The van der Waals surface area contributed by atoms with Crippen LogP contribution in [0.4, 0.5) is 5.82 Å². The van der Waals surface area contributed by atoms with Gasteiger partial charge in [0.15, 0.2) is 0 Å². The van der Waals surface area contributed by atoms with Gasteiger partial charge in [0.2, 0.25) is 0 Å². The number of aromatic nitrogens is 3. The molecule has 0 radical (unpaired) electrons. The Morgan fingerprint density at radius 1 is 1.30 bits per heavy atom. The van der Waals surface area contributed by atoms with Crippen molar-refractivity contribution in [2.24, 2.45) is 0 Å². The molecule has 5 heteroatoms. The molecule has 0 bridgehead atoms. The molecule has 0 amide bonds. The van der Waals surface area contributed by atoms with Crippen LogP contribution in [0.3, 0.4) is 0 Å². The zero-order valence-electron chi connectivity index (χ0n) is 11.5. The van der Waals surface area contributed by atoms with Crippen molar-refractivity contribution in [2.45, 2.75) is 20.4 Å². The van der Waals surface area contributed by atoms with Gasteiger partial charge in [-0.3, -0.25) is 0 Å². The fraction of sp³-hybridized carbons (Fsp3) is 0.200. The number of nitrogens with two attached hydrogens (primary N) is 1. The lowest BCUT2D eigenvalue weighted by Crippen LogP contribution is -1.99. The van der Waals surface area contributed by atoms with E-state index in [0.29, 0.717) is 5.82 Å². The summed E-state index contributed by atoms with van der Waals surface area (Å²) in [4.78, 5) is 11.0. The Labute approximate surface area is 121 Å². The van der Waals surface area contributed by atoms with E-state index in [-0.39, 0.29) is 0 Å². The Bertz CT molecular complexity index is 722. The van der Waals surface area contributed by atoms with E-state index in [2.05, 4.69) is 34.4 Å². The van der Waals surface area contributed by atoms with E-state index in [1.54, 1.807) is 6.20 Å². The van der Waals surface area contributed by atoms with Crippen molar-refractivity contribution in [1.82, 2.24) is 14.5 Å². The number of nitrogens with zero attached hydrogens (tertiary/aromatic N) is 3. The van der Waals surface area contributed by atoms with Crippen LogP contribution >= 0.6 is 11.3 Å². The molecule has 4 nitrogen and oxygen atoms in total. The molecule has 0 saturated carbocycles. The Balaban J connectivity index is 1.94. The molecule has 0 fully saturated rings. The molecule has 3 aromatic rings. The Morgan fingerprint density at radius 2 is 2.15 bits per heavy atom. The third-order valence-corrected chi connectivity index (χ3v) is 4.47. The quantitative estimate of drug-likeness (QED) is 0.803. The number of pyridine rings is 1. The predicted octanol–water partition coefficient (Wildman–Crippen LogP) is 3.25. The van der Waals surface area contributed by atoms with Crippen molar-refractivity contribution >= 4 is 17.2 Å². The van der Waals surface area contributed by atoms with Crippen molar-refractivity contribution in [3.8, 4) is 11.3 Å². The summed E-state index contributed by atoms with van der Waals surface area (Å²) in [5, 5.41) is 0. The summed E-state index contributed by atoms with van der Waals surface area (Å²) in [5.74, 6) is 0.526. The SMILES string of the molecule is Cc1cc(Cn2cncc2-c2ccnc(N)c2)sc1C. The van der Waals surface area contributed by atoms with Crippen LogP contribution in [0.1, 0.15) is 15.3 Å². The highest BCUT2D eigenvalue weighted by Crippen LogP contribution is 2.25. The van der Waals surface area contributed by atoms with E-state index in [9.17, 15) is 0 Å². The Morgan fingerprint density at radius 3 is 2.85 bits per heavy atom. The van der Waals surface area contributed by atoms with Gasteiger partial charge in [-0.15, -0.1) is 11.3 Å². The average molecular weight is 284 g/mol. The van der Waals surface area contributed by atoms with E-state index in [0.717, 1.165) is 17.8 Å². The number of anilines is 1. The van der Waals surface area contributed by atoms with Gasteiger partial charge in [-0.25, -0.2) is 9.97 Å². The molecular weight excluding hydrogens is 268 g/mol. The van der Waals surface area contributed by atoms with E-state index in [4.69, 9.17) is 5.73 Å². The number of nitrogen functional groups attached to an aromatic ring is 1. The number of thiophene rings is 1. The Hall–Kier alpha value is -2.14. The third-order valence-electron chi connectivity index (χ3n) is 3.33. The van der Waals surface area contributed by atoms with Crippen LogP contribution in [0.15, 0.2) is 36.9 Å². The summed E-state index contributed by atoms with van der Waals surface area (Å²) in [6.07, 6.45) is 5.44. The minimum absolute atomic E-state index is 0.526. The predicted molar refractivity (Wildman–Crippen MR) is 82.8 cm³/mol. The largest absolute Gasteiger partial charge is 0.384 e. The first-order valence-corrected chi connectivity index (χ1v) is 7.23. The number of imidazole rings is 1. The molecule has 2 N–H and O–H groups in total. The number of hydrogen-bond donors (Lipinski definition) is 1. The first kappa shape index (κ1) is 12.9. The molecule has 0 spiro atoms. The van der Waals surface area contributed by atoms with Gasteiger partial charge in [-0.2, -0.15) is 0 Å². The maximum absolute atomic E-state index is 5.75. The average Bonchev–Trinajstić information content (AvgIpc) is 2.98. The second-order valence-electron chi connectivity index (χ2n) is 4.83. The van der Waals surface area contributed by atoms with Crippen molar-refractivity contribution < 1.29 is 0 Å². The molecule has 0 unspecified atom stereocenters. The molecule has 0 aliphatic rings. The zero-order chi connectivity index (χ0) is 14.1. The zero-order valence-corrected chi connectivity index (χ0v) is 12.3. The van der Waals surface area contributed by atoms with E-state index >= 15 is 0 Å². The molecule has 102 valence electrons. The maximum Gasteiger partial charge on any atom is 0.123 e. The van der Waals surface area contributed by atoms with Gasteiger partial charge in [0, 0.05) is 21.5 Å². The summed E-state index contributed by atoms with van der Waals surface area (Å²) >= 11 is 1.83. The molecule has 3 aromatic heterocycles. The molecule has 0 aliphatic heterocycles. The monoisotopic (exact) mass is 284 g/mol. The van der Waals surface area contributed by atoms with Gasteiger partial charge >= 0.3 is 0 Å². The lowest BCUT2D eigenvalue weighted by atomic mass is 10.2. The van der Waals surface area contributed by atoms with Crippen LogP contribution in [-0.2, 0) is 6.54 Å². The molecular formula is C15H16N4S. The van der Waals surface area contributed by atoms with Crippen molar-refractivity contribution in [1.29, 1.82) is 0 Å². The van der Waals surface area contributed by atoms with Gasteiger partial charge in [-0.1, -0.05) is 0 Å². The van der Waals surface area contributed by atoms with Gasteiger partial charge in [-0.05, 0) is 37.6 Å². The molecule has 0 atom stereocenters. The molecule has 0 aliphatic carbocycles. The summed E-state index contributed by atoms with van der Waals surface area (Å²) < 4.78 is 2.14. The van der Waals surface area contributed by atoms with Gasteiger partial charge in [0.25, 0.3) is 0 Å². The summed E-state index contributed by atoms with van der Waals surface area (Å²) in [6, 6.07) is 6.07. The van der Waals surface area contributed by atoms with E-state index in [1.165, 1.54) is 15.3 Å². The molecule has 3 rings (SSSR count). The smallest absolute Gasteiger partial charge is 0.123 e. The lowest BCUT2D eigenvalue weighted by Gasteiger charge is -2.07. The van der Waals surface area contributed by atoms with Gasteiger partial charge in [0.1, 0.15) is 5.82 Å². The minimum atomic E-state index is 0.526. The normalized spacial score (nSPS) is 10.9. The van der Waals surface area contributed by atoms with Crippen LogP contribution in [0.2, 0.25) is 0 Å². The molecule has 3 heterocycles. The van der Waals surface area contributed by atoms with E-state index in [1.807, 2.05) is 36.0 Å². The van der Waals surface area contributed by atoms with E-state index < -0.39 is 0 Å². The number of aryl methyl sites for hydroxylation is 2.